The molecule has 2 aromatic heterocycles. The predicted molar refractivity (Wildman–Crippen MR) is 279 cm³/mol. The summed E-state index contributed by atoms with van der Waals surface area (Å²) in [6, 6.07) is 41.4. The van der Waals surface area contributed by atoms with Crippen LogP contribution in [0.2, 0.25) is 0 Å². The van der Waals surface area contributed by atoms with E-state index in [0.29, 0.717) is 17.0 Å². The van der Waals surface area contributed by atoms with Gasteiger partial charge in [-0.3, -0.25) is 9.55 Å². The van der Waals surface area contributed by atoms with Crippen molar-refractivity contribution < 1.29 is 12.0 Å². The van der Waals surface area contributed by atoms with E-state index in [-0.39, 0.29) is 34.2 Å². The molecule has 0 saturated heterocycles. The third kappa shape index (κ3) is 8.26. The summed E-state index contributed by atoms with van der Waals surface area (Å²) in [4.78, 5) is 10.8. The van der Waals surface area contributed by atoms with E-state index in [1.165, 1.54) is 5.56 Å². The Hall–Kier alpha value is -7.04. The molecule has 4 nitrogen and oxygen atoms in total. The summed E-state index contributed by atoms with van der Waals surface area (Å²) in [5.41, 5.74) is 15.4. The lowest BCUT2D eigenvalue weighted by Crippen LogP contribution is -2.17. The zero-order chi connectivity index (χ0) is 51.1. The molecule has 2 heterocycles. The number of phenols is 1. The largest absolute Gasteiger partial charge is 0.507 e. The van der Waals surface area contributed by atoms with Gasteiger partial charge >= 0.3 is 0 Å². The Labute approximate surface area is 398 Å². The van der Waals surface area contributed by atoms with Crippen LogP contribution in [0.15, 0.2) is 164 Å². The molecule has 0 unspecified atom stereocenters. The Kier molecular flexibility index (Phi) is 9.71. The number of hydrogen-bond acceptors (Lipinski definition) is 3. The molecule has 0 radical (unpaired) electrons. The number of para-hydroxylation sites is 1. The average molecular weight is 869 g/mol. The zero-order valence-corrected chi connectivity index (χ0v) is 40.0. The molecule has 0 spiro atoms. The van der Waals surface area contributed by atoms with Gasteiger partial charge in [0.1, 0.15) is 11.6 Å². The maximum Gasteiger partial charge on any atom is 0.149 e. The van der Waals surface area contributed by atoms with E-state index in [9.17, 15) is 5.11 Å². The number of fused-ring (bicyclic) bond motifs is 1. The second-order valence-corrected chi connectivity index (χ2v) is 20.7. The molecule has 9 aromatic rings. The van der Waals surface area contributed by atoms with E-state index in [4.69, 9.17) is 16.8 Å². The van der Waals surface area contributed by atoms with Crippen molar-refractivity contribution in [2.45, 2.75) is 92.4 Å². The number of aromatic hydroxyl groups is 1. The Bertz CT molecular complexity index is 3530. The van der Waals surface area contributed by atoms with Crippen molar-refractivity contribution >= 4 is 11.0 Å². The molecule has 66 heavy (non-hydrogen) atoms. The lowest BCUT2D eigenvalue weighted by molar-refractivity contribution is 0.446. The van der Waals surface area contributed by atoms with Crippen LogP contribution in [-0.2, 0) is 16.2 Å². The van der Waals surface area contributed by atoms with Crippen LogP contribution >= 0.6 is 0 Å². The van der Waals surface area contributed by atoms with Crippen LogP contribution in [0.5, 0.6) is 5.75 Å². The van der Waals surface area contributed by atoms with Crippen molar-refractivity contribution in [3.63, 3.8) is 0 Å². The molecule has 1 N–H and O–H groups in total. The molecular weight excluding hydrogens is 803 g/mol. The maximum absolute atomic E-state index is 12.7. The Balaban J connectivity index is 1.39. The highest BCUT2D eigenvalue weighted by atomic mass is 16.3. The highest BCUT2D eigenvalue weighted by Crippen LogP contribution is 2.46. The fourth-order valence-corrected chi connectivity index (χ4v) is 9.13. The summed E-state index contributed by atoms with van der Waals surface area (Å²) in [6.45, 7) is 23.8. The summed E-state index contributed by atoms with van der Waals surface area (Å²) < 4.78 is 45.4. The molecule has 0 amide bonds. The summed E-state index contributed by atoms with van der Waals surface area (Å²) in [5, 5.41) is 12.7. The summed E-state index contributed by atoms with van der Waals surface area (Å²) in [7, 11) is 0. The molecule has 0 aliphatic rings. The number of benzene rings is 7. The quantitative estimate of drug-likeness (QED) is 0.174. The zero-order valence-electron chi connectivity index (χ0n) is 45.0. The molecule has 7 aromatic carbocycles. The Morgan fingerprint density at radius 1 is 0.530 bits per heavy atom. The van der Waals surface area contributed by atoms with Crippen LogP contribution in [-0.4, -0.2) is 19.6 Å². The normalized spacial score (nSPS) is 13.3. The number of nitrogens with zero attached hydrogens (tertiary/aromatic N) is 3. The van der Waals surface area contributed by atoms with Gasteiger partial charge in [0.2, 0.25) is 0 Å². The van der Waals surface area contributed by atoms with Crippen LogP contribution in [0, 0.1) is 13.8 Å². The molecule has 0 aliphatic carbocycles. The minimum Gasteiger partial charge on any atom is -0.507 e. The first kappa shape index (κ1) is 38.3. The molecular formula is C62H61N3O. The predicted octanol–water partition coefficient (Wildman–Crippen LogP) is 16.6. The number of aryl methyl sites for hydroxylation is 1. The van der Waals surface area contributed by atoms with E-state index in [0.717, 1.165) is 83.6 Å². The standard InChI is InChI=1S/C62H61N3O/c1-39-38-63-56(40(2)55(39)43-26-19-14-20-27-43)46-32-45(33-47(34-46)60(3,4)5)49-28-21-29-54-57(49)64-59(51-36-48(61(6,7)8)37-52(58(51)66)62(9,10)11)65(54)53-31-30-44(41-22-15-12-16-23-41)35-50(53)42-24-17-13-18-25-42/h12-38,66H,1-11H3/i12D,15D,16D,22D,23D. The molecule has 0 saturated carbocycles. The highest BCUT2D eigenvalue weighted by molar-refractivity contribution is 5.98. The lowest BCUT2D eigenvalue weighted by Gasteiger charge is -2.27. The molecule has 0 bridgehead atoms. The van der Waals surface area contributed by atoms with Gasteiger partial charge in [-0.25, -0.2) is 4.98 Å². The molecule has 0 aliphatic heterocycles. The van der Waals surface area contributed by atoms with E-state index < -0.39 is 23.5 Å². The van der Waals surface area contributed by atoms with Gasteiger partial charge in [0.25, 0.3) is 0 Å². The van der Waals surface area contributed by atoms with Crippen molar-refractivity contribution in [2.75, 3.05) is 0 Å². The van der Waals surface area contributed by atoms with Crippen molar-refractivity contribution in [1.82, 2.24) is 14.5 Å². The minimum absolute atomic E-state index is 0.117. The average Bonchev–Trinajstić information content (AvgIpc) is 3.72. The van der Waals surface area contributed by atoms with Crippen LogP contribution in [0.1, 0.15) is 97.0 Å². The second kappa shape index (κ2) is 16.7. The molecule has 4 heteroatoms. The third-order valence-electron chi connectivity index (χ3n) is 12.8. The van der Waals surface area contributed by atoms with Crippen molar-refractivity contribution in [2.24, 2.45) is 0 Å². The summed E-state index contributed by atoms with van der Waals surface area (Å²) in [5.74, 6) is 0.679. The molecule has 330 valence electrons. The van der Waals surface area contributed by atoms with Crippen molar-refractivity contribution in [1.29, 1.82) is 0 Å². The third-order valence-corrected chi connectivity index (χ3v) is 12.8. The molecule has 9 rings (SSSR count). The van der Waals surface area contributed by atoms with Gasteiger partial charge in [-0.2, -0.15) is 0 Å². The molecule has 0 atom stereocenters. The number of rotatable bonds is 7. The van der Waals surface area contributed by atoms with E-state index in [2.05, 4.69) is 154 Å². The van der Waals surface area contributed by atoms with Gasteiger partial charge in [-0.1, -0.05) is 184 Å². The Morgan fingerprint density at radius 2 is 1.17 bits per heavy atom. The van der Waals surface area contributed by atoms with Gasteiger partial charge in [-0.05, 0) is 122 Å². The summed E-state index contributed by atoms with van der Waals surface area (Å²) >= 11 is 0. The SMILES string of the molecule is [2H]c1c([2H])c([2H])c(-c2ccc(-n3c(-c4cc(C(C)(C)C)cc(C(C)(C)C)c4O)nc4c(-c5cc(-c6ncc(C)c(-c7ccccc7)c6C)cc(C(C)(C)C)c5)cccc43)c(-c3ccccc3)c2)c([2H])c1[2H]. The number of hydrogen-bond donors (Lipinski definition) is 1. The van der Waals surface area contributed by atoms with E-state index >= 15 is 0 Å². The summed E-state index contributed by atoms with van der Waals surface area (Å²) in [6.07, 6.45) is 1.97. The van der Waals surface area contributed by atoms with Crippen molar-refractivity contribution in [3.05, 3.63) is 192 Å². The van der Waals surface area contributed by atoms with Gasteiger partial charge < -0.3 is 5.11 Å². The number of pyridine rings is 1. The molecule has 0 fully saturated rings. The fraction of sp³-hybridized carbons (Fsp3) is 0.226. The number of phenolic OH excluding ortho intramolecular Hbond substituents is 1. The van der Waals surface area contributed by atoms with Crippen molar-refractivity contribution in [3.8, 4) is 78.6 Å². The van der Waals surface area contributed by atoms with Gasteiger partial charge in [-0.15, -0.1) is 0 Å². The Morgan fingerprint density at radius 3 is 1.82 bits per heavy atom. The van der Waals surface area contributed by atoms with Crippen LogP contribution in [0.4, 0.5) is 0 Å². The van der Waals surface area contributed by atoms with E-state index in [1.54, 1.807) is 0 Å². The minimum atomic E-state index is -0.441. The smallest absolute Gasteiger partial charge is 0.149 e. The first-order valence-corrected chi connectivity index (χ1v) is 22.8. The number of imidazole rings is 1. The number of aromatic nitrogens is 3. The topological polar surface area (TPSA) is 50.9 Å². The monoisotopic (exact) mass is 869 g/mol. The fourth-order valence-electron chi connectivity index (χ4n) is 9.13. The van der Waals surface area contributed by atoms with Gasteiger partial charge in [0.15, 0.2) is 0 Å². The maximum atomic E-state index is 12.7. The highest BCUT2D eigenvalue weighted by Gasteiger charge is 2.30. The second-order valence-electron chi connectivity index (χ2n) is 20.7. The van der Waals surface area contributed by atoms with Crippen LogP contribution < -0.4 is 0 Å². The lowest BCUT2D eigenvalue weighted by atomic mass is 9.79. The van der Waals surface area contributed by atoms with Crippen LogP contribution in [0.25, 0.3) is 83.9 Å². The van der Waals surface area contributed by atoms with Gasteiger partial charge in [0.05, 0.1) is 34.8 Å². The van der Waals surface area contributed by atoms with Crippen LogP contribution in [0.3, 0.4) is 0 Å². The van der Waals surface area contributed by atoms with E-state index in [1.807, 2.05) is 60.8 Å². The first-order chi connectivity index (χ1) is 33.4. The first-order valence-electron chi connectivity index (χ1n) is 25.3. The van der Waals surface area contributed by atoms with Gasteiger partial charge in [0, 0.05) is 28.5 Å².